The van der Waals surface area contributed by atoms with Crippen molar-refractivity contribution in [1.82, 2.24) is 9.80 Å². The third kappa shape index (κ3) is 5.78. The molecule has 10 nitrogen and oxygen atoms in total. The van der Waals surface area contributed by atoms with Crippen molar-refractivity contribution in [3.63, 3.8) is 0 Å². The highest BCUT2D eigenvalue weighted by molar-refractivity contribution is 8.16. The Bertz CT molecular complexity index is 1230. The summed E-state index contributed by atoms with van der Waals surface area (Å²) in [5.41, 5.74) is 2.45. The number of piperidine rings is 1. The third-order valence-corrected chi connectivity index (χ3v) is 7.98. The first-order valence-electron chi connectivity index (χ1n) is 13.1. The molecule has 2 unspecified atom stereocenters. The minimum atomic E-state index is -0.622. The summed E-state index contributed by atoms with van der Waals surface area (Å²) in [4.78, 5) is 47.4. The summed E-state index contributed by atoms with van der Waals surface area (Å²) in [6, 6.07) is 4.81. The van der Waals surface area contributed by atoms with Gasteiger partial charge in [0.25, 0.3) is 0 Å². The van der Waals surface area contributed by atoms with Gasteiger partial charge >= 0.3 is 11.9 Å². The van der Waals surface area contributed by atoms with E-state index in [-0.39, 0.29) is 24.2 Å². The summed E-state index contributed by atoms with van der Waals surface area (Å²) in [7, 11) is 4.48. The zero-order valence-corrected chi connectivity index (χ0v) is 23.8. The van der Waals surface area contributed by atoms with Crippen molar-refractivity contribution in [3.05, 3.63) is 46.1 Å². The first-order valence-corrected chi connectivity index (χ1v) is 14.0. The van der Waals surface area contributed by atoms with Gasteiger partial charge < -0.3 is 28.7 Å². The molecule has 1 aromatic rings. The van der Waals surface area contributed by atoms with E-state index < -0.39 is 12.0 Å². The van der Waals surface area contributed by atoms with Crippen LogP contribution in [0.25, 0.3) is 0 Å². The molecule has 0 aliphatic carbocycles. The van der Waals surface area contributed by atoms with Gasteiger partial charge in [-0.05, 0) is 43.7 Å². The molecule has 1 saturated heterocycles. The number of carbonyl (C=O) groups is 3. The Morgan fingerprint density at radius 1 is 1.13 bits per heavy atom. The molecule has 0 aromatic heterocycles. The third-order valence-electron chi connectivity index (χ3n) is 7.09. The van der Waals surface area contributed by atoms with E-state index in [1.54, 1.807) is 32.1 Å². The Balaban J connectivity index is 1.68. The second-order valence-electron chi connectivity index (χ2n) is 9.32. The molecule has 210 valence electrons. The van der Waals surface area contributed by atoms with Crippen molar-refractivity contribution in [2.24, 2.45) is 10.9 Å². The number of likely N-dealkylation sites (tertiary alicyclic amines) is 1. The van der Waals surface area contributed by atoms with Crippen LogP contribution in [-0.2, 0) is 23.9 Å². The molecule has 0 saturated carbocycles. The smallest absolute Gasteiger partial charge is 0.338 e. The topological polar surface area (TPSA) is 107 Å². The quantitative estimate of drug-likeness (QED) is 0.416. The zero-order chi connectivity index (χ0) is 28.1. The molecule has 4 rings (SSSR count). The highest BCUT2D eigenvalue weighted by atomic mass is 32.2. The zero-order valence-electron chi connectivity index (χ0n) is 23.0. The van der Waals surface area contributed by atoms with Crippen LogP contribution in [0.3, 0.4) is 0 Å². The lowest BCUT2D eigenvalue weighted by atomic mass is 9.92. The first kappa shape index (κ1) is 28.5. The number of benzene rings is 1. The molecule has 0 bridgehead atoms. The molecule has 2 atom stereocenters. The Morgan fingerprint density at radius 2 is 1.92 bits per heavy atom. The number of rotatable bonds is 9. The van der Waals surface area contributed by atoms with E-state index >= 15 is 0 Å². The average Bonchev–Trinajstić information content (AvgIpc) is 3.37. The molecule has 3 heterocycles. The largest absolute Gasteiger partial charge is 0.497 e. The Labute approximate surface area is 233 Å². The number of thioether (sulfide) groups is 1. The number of fused-ring (bicyclic) bond motifs is 1. The van der Waals surface area contributed by atoms with Crippen molar-refractivity contribution >= 4 is 34.8 Å². The van der Waals surface area contributed by atoms with Crippen LogP contribution in [-0.4, -0.2) is 73.8 Å². The van der Waals surface area contributed by atoms with Gasteiger partial charge in [-0.25, -0.2) is 9.79 Å². The summed E-state index contributed by atoms with van der Waals surface area (Å²) < 4.78 is 21.5. The van der Waals surface area contributed by atoms with E-state index in [1.807, 2.05) is 29.4 Å². The van der Waals surface area contributed by atoms with Gasteiger partial charge in [-0.1, -0.05) is 18.7 Å². The first-order chi connectivity index (χ1) is 18.9. The van der Waals surface area contributed by atoms with Crippen LogP contribution < -0.4 is 9.47 Å². The lowest BCUT2D eigenvalue weighted by Crippen LogP contribution is -2.44. The normalized spacial score (nSPS) is 20.6. The minimum Gasteiger partial charge on any atom is -0.497 e. The van der Waals surface area contributed by atoms with Gasteiger partial charge in [-0.15, -0.1) is 0 Å². The Hall–Kier alpha value is -3.47. The fourth-order valence-corrected chi connectivity index (χ4v) is 6.11. The summed E-state index contributed by atoms with van der Waals surface area (Å²) in [5.74, 6) is -0.0199. The number of esters is 2. The van der Waals surface area contributed by atoms with Gasteiger partial charge in [0.05, 0.1) is 57.6 Å². The van der Waals surface area contributed by atoms with Crippen molar-refractivity contribution in [2.45, 2.75) is 45.6 Å². The second kappa shape index (κ2) is 12.6. The van der Waals surface area contributed by atoms with E-state index in [1.165, 1.54) is 18.9 Å². The van der Waals surface area contributed by atoms with Gasteiger partial charge in [0, 0.05) is 30.4 Å². The standard InChI is InChI=1S/C28H35N3O7S/c1-6-21-24(27(34)37-5)25(20-11-10-19(35-3)14-22(20)36-4)31-18(16-39-28(31)29-21)13-23(32)30-12-8-9-17(15-30)26(33)38-7-2/h10-11,14,16-17,25H,6-9,12-13,15H2,1-5H3. The number of hydrogen-bond donors (Lipinski definition) is 0. The minimum absolute atomic E-state index is 0.0897. The van der Waals surface area contributed by atoms with E-state index in [0.29, 0.717) is 66.2 Å². The molecule has 1 fully saturated rings. The number of carbonyl (C=O) groups excluding carboxylic acids is 3. The predicted molar refractivity (Wildman–Crippen MR) is 147 cm³/mol. The highest BCUT2D eigenvalue weighted by Gasteiger charge is 2.43. The number of amidine groups is 1. The molecule has 0 N–H and O–H groups in total. The van der Waals surface area contributed by atoms with Gasteiger partial charge in [0.15, 0.2) is 5.17 Å². The van der Waals surface area contributed by atoms with E-state index in [0.717, 1.165) is 12.0 Å². The monoisotopic (exact) mass is 557 g/mol. The molecular weight excluding hydrogens is 522 g/mol. The lowest BCUT2D eigenvalue weighted by molar-refractivity contribution is -0.151. The van der Waals surface area contributed by atoms with E-state index in [9.17, 15) is 14.4 Å². The van der Waals surface area contributed by atoms with Crippen LogP contribution >= 0.6 is 11.8 Å². The van der Waals surface area contributed by atoms with Crippen LogP contribution in [0.2, 0.25) is 0 Å². The predicted octanol–water partition coefficient (Wildman–Crippen LogP) is 4.03. The number of aliphatic imine (C=N–C) groups is 1. The maximum Gasteiger partial charge on any atom is 0.338 e. The van der Waals surface area contributed by atoms with Crippen molar-refractivity contribution in [1.29, 1.82) is 0 Å². The lowest BCUT2D eigenvalue weighted by Gasteiger charge is -2.38. The van der Waals surface area contributed by atoms with Gasteiger partial charge in [-0.3, -0.25) is 9.59 Å². The molecule has 3 aliphatic rings. The second-order valence-corrected chi connectivity index (χ2v) is 10.2. The van der Waals surface area contributed by atoms with Crippen molar-refractivity contribution in [3.8, 4) is 11.5 Å². The van der Waals surface area contributed by atoms with E-state index in [2.05, 4.69) is 0 Å². The number of allylic oxidation sites excluding steroid dienone is 1. The summed E-state index contributed by atoms with van der Waals surface area (Å²) in [6.07, 6.45) is 2.05. The fraction of sp³-hybridized carbons (Fsp3) is 0.500. The van der Waals surface area contributed by atoms with Crippen molar-refractivity contribution < 1.29 is 33.3 Å². The maximum atomic E-state index is 13.5. The van der Waals surface area contributed by atoms with Crippen LogP contribution in [0.4, 0.5) is 0 Å². The molecule has 3 aliphatic heterocycles. The van der Waals surface area contributed by atoms with Gasteiger partial charge in [0.2, 0.25) is 5.91 Å². The molecular formula is C28H35N3O7S. The number of methoxy groups -OCH3 is 3. The van der Waals surface area contributed by atoms with Crippen LogP contribution in [0.1, 0.15) is 51.1 Å². The van der Waals surface area contributed by atoms with Crippen LogP contribution in [0, 0.1) is 5.92 Å². The Morgan fingerprint density at radius 3 is 2.59 bits per heavy atom. The number of amides is 1. The summed E-state index contributed by atoms with van der Waals surface area (Å²) in [6.45, 7) is 4.95. The molecule has 0 radical (unpaired) electrons. The number of nitrogens with zero attached hydrogens (tertiary/aromatic N) is 3. The Kier molecular flexibility index (Phi) is 9.21. The maximum absolute atomic E-state index is 13.5. The SMILES string of the molecule is CCOC(=O)C1CCCN(C(=O)CC2=CSC3=NC(CC)=C(C(=O)OC)C(c4ccc(OC)cc4OC)N23)C1. The van der Waals surface area contributed by atoms with Crippen LogP contribution in [0.15, 0.2) is 45.6 Å². The average molecular weight is 558 g/mol. The molecule has 1 amide bonds. The summed E-state index contributed by atoms with van der Waals surface area (Å²) in [5, 5.41) is 2.58. The fourth-order valence-electron chi connectivity index (χ4n) is 5.17. The van der Waals surface area contributed by atoms with E-state index in [4.69, 9.17) is 23.9 Å². The number of hydrogen-bond acceptors (Lipinski definition) is 10. The molecule has 39 heavy (non-hydrogen) atoms. The molecule has 1 aromatic carbocycles. The highest BCUT2D eigenvalue weighted by Crippen LogP contribution is 2.48. The number of ether oxygens (including phenoxy) is 4. The van der Waals surface area contributed by atoms with Gasteiger partial charge in [0.1, 0.15) is 11.5 Å². The van der Waals surface area contributed by atoms with Crippen molar-refractivity contribution in [2.75, 3.05) is 41.0 Å². The molecule has 0 spiro atoms. The van der Waals surface area contributed by atoms with Gasteiger partial charge in [-0.2, -0.15) is 0 Å². The molecule has 11 heteroatoms. The summed E-state index contributed by atoms with van der Waals surface area (Å²) >= 11 is 1.41. The van der Waals surface area contributed by atoms with Crippen LogP contribution in [0.5, 0.6) is 11.5 Å².